The van der Waals surface area contributed by atoms with E-state index in [1.165, 1.54) is 43.5 Å². The van der Waals surface area contributed by atoms with E-state index in [1.54, 1.807) is 0 Å². The van der Waals surface area contributed by atoms with E-state index in [2.05, 4.69) is 60.0 Å². The van der Waals surface area contributed by atoms with Crippen molar-refractivity contribution in [3.63, 3.8) is 0 Å². The second kappa shape index (κ2) is 12.1. The fraction of sp³-hybridized carbons (Fsp3) is 0.586. The topological polar surface area (TPSA) is 45.2 Å². The van der Waals surface area contributed by atoms with Crippen molar-refractivity contribution in [1.29, 1.82) is 0 Å². The molecule has 1 N–H and O–H groups in total. The van der Waals surface area contributed by atoms with Crippen molar-refractivity contribution in [3.8, 4) is 11.5 Å². The predicted molar refractivity (Wildman–Crippen MR) is 138 cm³/mol. The Labute approximate surface area is 205 Å². The molecule has 2 heterocycles. The minimum Gasteiger partial charge on any atom is -0.492 e. The van der Waals surface area contributed by atoms with Gasteiger partial charge in [0.2, 0.25) is 0 Å². The summed E-state index contributed by atoms with van der Waals surface area (Å²) >= 11 is 0. The highest BCUT2D eigenvalue weighted by Crippen LogP contribution is 2.27. The molecule has 2 fully saturated rings. The van der Waals surface area contributed by atoms with Crippen LogP contribution in [-0.4, -0.2) is 66.4 Å². The Morgan fingerprint density at radius 2 is 1.59 bits per heavy atom. The molecule has 5 heteroatoms. The zero-order valence-electron chi connectivity index (χ0n) is 21.1. The Morgan fingerprint density at radius 3 is 2.35 bits per heavy atom. The highest BCUT2D eigenvalue weighted by atomic mass is 16.5. The molecule has 0 unspecified atom stereocenters. The summed E-state index contributed by atoms with van der Waals surface area (Å²) in [6, 6.07) is 14.7. The largest absolute Gasteiger partial charge is 0.492 e. The summed E-state index contributed by atoms with van der Waals surface area (Å²) in [5.74, 6) is 1.83. The third kappa shape index (κ3) is 7.46. The van der Waals surface area contributed by atoms with Crippen LogP contribution in [0.4, 0.5) is 0 Å². The molecule has 2 aliphatic rings. The van der Waals surface area contributed by atoms with Crippen molar-refractivity contribution in [2.45, 2.75) is 64.5 Å². The van der Waals surface area contributed by atoms with Gasteiger partial charge in [0.1, 0.15) is 24.7 Å². The smallest absolute Gasteiger partial charge is 0.122 e. The molecular formula is C29H42N2O3. The molecule has 0 amide bonds. The predicted octanol–water partition coefficient (Wildman–Crippen LogP) is 4.96. The quantitative estimate of drug-likeness (QED) is 0.566. The van der Waals surface area contributed by atoms with Crippen LogP contribution in [-0.2, 0) is 6.54 Å². The monoisotopic (exact) mass is 466 g/mol. The number of likely N-dealkylation sites (tertiary alicyclic amines) is 2. The third-order valence-electron chi connectivity index (χ3n) is 7.29. The lowest BCUT2D eigenvalue weighted by atomic mass is 9.96. The van der Waals surface area contributed by atoms with Crippen molar-refractivity contribution >= 4 is 0 Å². The van der Waals surface area contributed by atoms with E-state index < -0.39 is 5.60 Å². The zero-order chi connectivity index (χ0) is 23.8. The van der Waals surface area contributed by atoms with Gasteiger partial charge in [-0.25, -0.2) is 0 Å². The molecule has 0 bridgehead atoms. The molecule has 0 aromatic heterocycles. The number of hydrogen-bond donors (Lipinski definition) is 1. The van der Waals surface area contributed by atoms with Gasteiger partial charge in [0.05, 0.1) is 5.60 Å². The first-order valence-corrected chi connectivity index (χ1v) is 13.1. The van der Waals surface area contributed by atoms with E-state index in [1.807, 2.05) is 6.07 Å². The zero-order valence-corrected chi connectivity index (χ0v) is 21.1. The van der Waals surface area contributed by atoms with Crippen LogP contribution in [0, 0.1) is 13.8 Å². The number of hydrogen-bond acceptors (Lipinski definition) is 5. The van der Waals surface area contributed by atoms with E-state index in [-0.39, 0.29) is 0 Å². The SMILES string of the molecule is Cc1ccc(OC[C@@]2(O)CCCN(Cc3ccc(OCCN4CCCCC4)cc3)CC2)c(C)c1. The van der Waals surface area contributed by atoms with E-state index >= 15 is 0 Å². The van der Waals surface area contributed by atoms with E-state index in [0.717, 1.165) is 69.1 Å². The minimum absolute atomic E-state index is 0.355. The summed E-state index contributed by atoms with van der Waals surface area (Å²) < 4.78 is 12.0. The fourth-order valence-corrected chi connectivity index (χ4v) is 5.14. The molecule has 186 valence electrons. The molecule has 2 saturated heterocycles. The maximum Gasteiger partial charge on any atom is 0.122 e. The van der Waals surface area contributed by atoms with Gasteiger partial charge >= 0.3 is 0 Å². The lowest BCUT2D eigenvalue weighted by Crippen LogP contribution is -2.37. The average Bonchev–Trinajstić information content (AvgIpc) is 3.02. The van der Waals surface area contributed by atoms with Gasteiger partial charge in [-0.2, -0.15) is 0 Å². The summed E-state index contributed by atoms with van der Waals surface area (Å²) in [6.45, 7) is 11.5. The summed E-state index contributed by atoms with van der Waals surface area (Å²) in [5.41, 5.74) is 2.88. The lowest BCUT2D eigenvalue weighted by molar-refractivity contribution is -0.0170. The lowest BCUT2D eigenvalue weighted by Gasteiger charge is -2.27. The second-order valence-corrected chi connectivity index (χ2v) is 10.3. The van der Waals surface area contributed by atoms with Crippen LogP contribution in [0.5, 0.6) is 11.5 Å². The molecule has 0 spiro atoms. The number of aryl methyl sites for hydroxylation is 2. The van der Waals surface area contributed by atoms with Gasteiger partial charge in [0.25, 0.3) is 0 Å². The van der Waals surface area contributed by atoms with Crippen molar-refractivity contribution in [2.24, 2.45) is 0 Å². The summed E-state index contributed by atoms with van der Waals surface area (Å²) in [4.78, 5) is 4.95. The average molecular weight is 467 g/mol. The van der Waals surface area contributed by atoms with Gasteiger partial charge in [0, 0.05) is 19.6 Å². The van der Waals surface area contributed by atoms with Gasteiger partial charge < -0.3 is 14.6 Å². The molecule has 4 rings (SSSR count). The molecule has 2 aliphatic heterocycles. The third-order valence-corrected chi connectivity index (χ3v) is 7.29. The fourth-order valence-electron chi connectivity index (χ4n) is 5.14. The molecule has 5 nitrogen and oxygen atoms in total. The van der Waals surface area contributed by atoms with Crippen LogP contribution in [0.1, 0.15) is 55.2 Å². The number of nitrogens with zero attached hydrogens (tertiary/aromatic N) is 2. The second-order valence-electron chi connectivity index (χ2n) is 10.3. The van der Waals surface area contributed by atoms with Gasteiger partial charge in [-0.3, -0.25) is 9.80 Å². The van der Waals surface area contributed by atoms with Crippen molar-refractivity contribution in [1.82, 2.24) is 9.80 Å². The molecule has 0 saturated carbocycles. The first-order valence-electron chi connectivity index (χ1n) is 13.1. The highest BCUT2D eigenvalue weighted by molar-refractivity contribution is 5.35. The van der Waals surface area contributed by atoms with Crippen molar-refractivity contribution in [2.75, 3.05) is 45.9 Å². The summed E-state index contributed by atoms with van der Waals surface area (Å²) in [6.07, 6.45) is 6.50. The van der Waals surface area contributed by atoms with Crippen LogP contribution in [0.2, 0.25) is 0 Å². The molecular weight excluding hydrogens is 424 g/mol. The van der Waals surface area contributed by atoms with Crippen LogP contribution in [0.25, 0.3) is 0 Å². The van der Waals surface area contributed by atoms with Crippen LogP contribution in [0.15, 0.2) is 42.5 Å². The Morgan fingerprint density at radius 1 is 0.824 bits per heavy atom. The van der Waals surface area contributed by atoms with Crippen LogP contribution in [0.3, 0.4) is 0 Å². The number of aliphatic hydroxyl groups is 1. The van der Waals surface area contributed by atoms with E-state index in [0.29, 0.717) is 6.61 Å². The van der Waals surface area contributed by atoms with Gasteiger partial charge in [-0.05, 0) is 94.9 Å². The number of benzene rings is 2. The Hall–Kier alpha value is -2.08. The normalized spacial score (nSPS) is 22.3. The van der Waals surface area contributed by atoms with Gasteiger partial charge in [0.15, 0.2) is 0 Å². The standard InChI is InChI=1S/C29H42N2O3/c1-24-7-12-28(25(2)21-24)34-23-29(32)13-6-17-31(18-14-29)22-26-8-10-27(11-9-26)33-20-19-30-15-4-3-5-16-30/h7-12,21,32H,3-6,13-20,22-23H2,1-2H3/t29-/m1/s1. The number of ether oxygens (including phenoxy) is 2. The number of rotatable bonds is 9. The summed E-state index contributed by atoms with van der Waals surface area (Å²) in [7, 11) is 0. The molecule has 0 aliphatic carbocycles. The first kappa shape index (κ1) is 25.0. The van der Waals surface area contributed by atoms with Crippen LogP contribution >= 0.6 is 0 Å². The number of piperidine rings is 1. The maximum absolute atomic E-state index is 11.2. The van der Waals surface area contributed by atoms with Gasteiger partial charge in [-0.15, -0.1) is 0 Å². The maximum atomic E-state index is 11.2. The first-order chi connectivity index (χ1) is 16.5. The molecule has 2 aromatic rings. The van der Waals surface area contributed by atoms with E-state index in [4.69, 9.17) is 9.47 Å². The molecule has 34 heavy (non-hydrogen) atoms. The van der Waals surface area contributed by atoms with Crippen molar-refractivity contribution < 1.29 is 14.6 Å². The summed E-state index contributed by atoms with van der Waals surface area (Å²) in [5, 5.41) is 11.2. The van der Waals surface area contributed by atoms with Crippen molar-refractivity contribution in [3.05, 3.63) is 59.2 Å². The highest BCUT2D eigenvalue weighted by Gasteiger charge is 2.31. The Balaban J connectivity index is 1.20. The Kier molecular flexibility index (Phi) is 8.87. The molecule has 0 radical (unpaired) electrons. The minimum atomic E-state index is -0.766. The van der Waals surface area contributed by atoms with Crippen LogP contribution < -0.4 is 9.47 Å². The molecule has 1 atom stereocenters. The van der Waals surface area contributed by atoms with Gasteiger partial charge in [-0.1, -0.05) is 36.2 Å². The Bertz CT molecular complexity index is 895. The molecule has 2 aromatic carbocycles. The van der Waals surface area contributed by atoms with E-state index in [9.17, 15) is 5.11 Å².